The average molecular weight is 383 g/mol. The maximum absolute atomic E-state index is 4.72. The van der Waals surface area contributed by atoms with Crippen LogP contribution in [-0.2, 0) is 0 Å². The third kappa shape index (κ3) is 4.15. The molecule has 1 nitrogen and oxygen atoms in total. The summed E-state index contributed by atoms with van der Waals surface area (Å²) in [5, 5.41) is 0. The topological polar surface area (TPSA) is 12.4 Å². The molecule has 19 heavy (non-hydrogen) atoms. The van der Waals surface area contributed by atoms with Crippen molar-refractivity contribution in [2.75, 3.05) is 0 Å². The third-order valence-electron chi connectivity index (χ3n) is 3.23. The van der Waals surface area contributed by atoms with Gasteiger partial charge in [0.05, 0.1) is 6.04 Å². The number of rotatable bonds is 3. The van der Waals surface area contributed by atoms with Crippen molar-refractivity contribution < 1.29 is 0 Å². The molecule has 1 aliphatic carbocycles. The first kappa shape index (κ1) is 14.7. The second kappa shape index (κ2) is 6.19. The van der Waals surface area contributed by atoms with E-state index in [4.69, 9.17) is 4.99 Å². The quantitative estimate of drug-likeness (QED) is 0.583. The van der Waals surface area contributed by atoms with Crippen molar-refractivity contribution in [3.8, 4) is 0 Å². The standard InChI is InChI=1S/C16H17Br2N/c1-12(13-5-3-6-14(17)9-13)19-11-16(2)8-4-7-15(18)10-16/h3-9,11-12H,10H2,1-2H3. The van der Waals surface area contributed by atoms with Gasteiger partial charge in [-0.25, -0.2) is 0 Å². The first-order valence-electron chi connectivity index (χ1n) is 6.32. The molecule has 0 amide bonds. The van der Waals surface area contributed by atoms with E-state index < -0.39 is 0 Å². The van der Waals surface area contributed by atoms with Crippen molar-refractivity contribution in [3.05, 3.63) is 57.0 Å². The van der Waals surface area contributed by atoms with Crippen LogP contribution in [0.25, 0.3) is 0 Å². The average Bonchev–Trinajstić information content (AvgIpc) is 2.36. The van der Waals surface area contributed by atoms with Gasteiger partial charge < -0.3 is 0 Å². The molecule has 0 bridgehead atoms. The first-order chi connectivity index (χ1) is 8.98. The Labute approximate surface area is 131 Å². The zero-order valence-corrected chi connectivity index (χ0v) is 14.3. The van der Waals surface area contributed by atoms with Gasteiger partial charge in [0.25, 0.3) is 0 Å². The number of benzene rings is 1. The molecule has 2 unspecified atom stereocenters. The van der Waals surface area contributed by atoms with E-state index in [9.17, 15) is 0 Å². The molecule has 0 saturated carbocycles. The van der Waals surface area contributed by atoms with Crippen LogP contribution in [0.2, 0.25) is 0 Å². The number of halogens is 2. The molecule has 2 atom stereocenters. The van der Waals surface area contributed by atoms with Crippen molar-refractivity contribution in [2.45, 2.75) is 26.3 Å². The molecular weight excluding hydrogens is 366 g/mol. The van der Waals surface area contributed by atoms with Crippen LogP contribution < -0.4 is 0 Å². The van der Waals surface area contributed by atoms with Crippen LogP contribution in [0.1, 0.15) is 31.9 Å². The van der Waals surface area contributed by atoms with Crippen LogP contribution >= 0.6 is 31.9 Å². The highest BCUT2D eigenvalue weighted by Crippen LogP contribution is 2.33. The van der Waals surface area contributed by atoms with Crippen LogP contribution in [-0.4, -0.2) is 6.21 Å². The summed E-state index contributed by atoms with van der Waals surface area (Å²) in [6.45, 7) is 4.33. The van der Waals surface area contributed by atoms with E-state index in [1.165, 1.54) is 10.0 Å². The SMILES string of the molecule is CC(N=CC1(C)C=CC=C(Br)C1)c1cccc(Br)c1. The number of aliphatic imine (C=N–C) groups is 1. The fraction of sp³-hybridized carbons (Fsp3) is 0.312. The summed E-state index contributed by atoms with van der Waals surface area (Å²) in [7, 11) is 0. The first-order valence-corrected chi connectivity index (χ1v) is 7.91. The summed E-state index contributed by atoms with van der Waals surface area (Å²) < 4.78 is 2.32. The van der Waals surface area contributed by atoms with Gasteiger partial charge in [0.1, 0.15) is 0 Å². The van der Waals surface area contributed by atoms with Crippen molar-refractivity contribution >= 4 is 38.1 Å². The number of nitrogens with zero attached hydrogens (tertiary/aromatic N) is 1. The van der Waals surface area contributed by atoms with Crippen LogP contribution in [0.4, 0.5) is 0 Å². The van der Waals surface area contributed by atoms with Gasteiger partial charge in [0, 0.05) is 16.1 Å². The Balaban J connectivity index is 2.10. The highest BCUT2D eigenvalue weighted by molar-refractivity contribution is 9.11. The Hall–Kier alpha value is -0.670. The van der Waals surface area contributed by atoms with Crippen LogP contribution in [0.3, 0.4) is 0 Å². The molecule has 0 aromatic heterocycles. The minimum atomic E-state index is 0.00779. The van der Waals surface area contributed by atoms with Crippen molar-refractivity contribution in [2.24, 2.45) is 10.4 Å². The Morgan fingerprint density at radius 1 is 1.37 bits per heavy atom. The Morgan fingerprint density at radius 3 is 2.84 bits per heavy atom. The second-order valence-electron chi connectivity index (χ2n) is 5.16. The maximum atomic E-state index is 4.72. The van der Waals surface area contributed by atoms with Gasteiger partial charge in [-0.2, -0.15) is 0 Å². The molecule has 3 heteroatoms. The van der Waals surface area contributed by atoms with E-state index >= 15 is 0 Å². The fourth-order valence-corrected chi connectivity index (χ4v) is 3.25. The molecule has 0 saturated heterocycles. The Bertz CT molecular complexity index is 545. The van der Waals surface area contributed by atoms with E-state index in [1.54, 1.807) is 0 Å². The minimum Gasteiger partial charge on any atom is -0.289 e. The molecule has 0 aliphatic heterocycles. The van der Waals surface area contributed by atoms with E-state index in [0.717, 1.165) is 10.9 Å². The highest BCUT2D eigenvalue weighted by atomic mass is 79.9. The molecule has 0 N–H and O–H groups in total. The summed E-state index contributed by atoms with van der Waals surface area (Å²) in [6, 6.07) is 8.49. The lowest BCUT2D eigenvalue weighted by Crippen LogP contribution is -2.17. The number of allylic oxidation sites excluding steroid dienone is 4. The normalized spacial score (nSPS) is 24.5. The van der Waals surface area contributed by atoms with Crippen LogP contribution in [0.15, 0.2) is 56.4 Å². The maximum Gasteiger partial charge on any atom is 0.0717 e. The van der Waals surface area contributed by atoms with Gasteiger partial charge in [-0.1, -0.05) is 69.1 Å². The van der Waals surface area contributed by atoms with Crippen molar-refractivity contribution in [1.29, 1.82) is 0 Å². The lowest BCUT2D eigenvalue weighted by atomic mass is 9.85. The molecule has 1 aliphatic rings. The highest BCUT2D eigenvalue weighted by Gasteiger charge is 2.21. The van der Waals surface area contributed by atoms with Gasteiger partial charge in [-0.3, -0.25) is 4.99 Å². The second-order valence-corrected chi connectivity index (χ2v) is 7.10. The van der Waals surface area contributed by atoms with E-state index in [-0.39, 0.29) is 11.5 Å². The minimum absolute atomic E-state index is 0.00779. The molecule has 100 valence electrons. The predicted molar refractivity (Wildman–Crippen MR) is 89.9 cm³/mol. The van der Waals surface area contributed by atoms with Gasteiger partial charge in [0.15, 0.2) is 0 Å². The van der Waals surface area contributed by atoms with Gasteiger partial charge >= 0.3 is 0 Å². The lowest BCUT2D eigenvalue weighted by Gasteiger charge is -2.24. The number of hydrogen-bond acceptors (Lipinski definition) is 1. The van der Waals surface area contributed by atoms with Gasteiger partial charge in [-0.05, 0) is 35.5 Å². The smallest absolute Gasteiger partial charge is 0.0717 e. The Kier molecular flexibility index (Phi) is 4.80. The van der Waals surface area contributed by atoms with Gasteiger partial charge in [-0.15, -0.1) is 0 Å². The van der Waals surface area contributed by atoms with E-state index in [1.807, 2.05) is 12.1 Å². The molecule has 0 heterocycles. The molecule has 2 rings (SSSR count). The summed E-state index contributed by atoms with van der Waals surface area (Å²) in [5.41, 5.74) is 1.23. The van der Waals surface area contributed by atoms with Crippen LogP contribution in [0, 0.1) is 5.41 Å². The summed E-state index contributed by atoms with van der Waals surface area (Å²) in [6.07, 6.45) is 9.42. The largest absolute Gasteiger partial charge is 0.289 e. The third-order valence-corrected chi connectivity index (χ3v) is 4.27. The predicted octanol–water partition coefficient (Wildman–Crippen LogP) is 5.83. The van der Waals surface area contributed by atoms with Crippen molar-refractivity contribution in [3.63, 3.8) is 0 Å². The fourth-order valence-electron chi connectivity index (χ4n) is 2.08. The molecule has 0 spiro atoms. The molecular formula is C16H17Br2N. The lowest BCUT2D eigenvalue weighted by molar-refractivity contribution is 0.604. The molecule has 0 radical (unpaired) electrons. The van der Waals surface area contributed by atoms with Crippen LogP contribution in [0.5, 0.6) is 0 Å². The zero-order valence-electron chi connectivity index (χ0n) is 11.1. The molecule has 1 aromatic carbocycles. The van der Waals surface area contributed by atoms with Gasteiger partial charge in [0.2, 0.25) is 0 Å². The zero-order chi connectivity index (χ0) is 13.9. The summed E-state index contributed by atoms with van der Waals surface area (Å²) in [5.74, 6) is 0. The van der Waals surface area contributed by atoms with Crippen molar-refractivity contribution in [1.82, 2.24) is 0 Å². The summed E-state index contributed by atoms with van der Waals surface area (Å²) >= 11 is 7.07. The monoisotopic (exact) mass is 381 g/mol. The number of hydrogen-bond donors (Lipinski definition) is 0. The van der Waals surface area contributed by atoms with E-state index in [2.05, 4.69) is 82.3 Å². The Morgan fingerprint density at radius 2 is 2.16 bits per heavy atom. The molecule has 0 fully saturated rings. The van der Waals surface area contributed by atoms with E-state index in [0.29, 0.717) is 0 Å². The summed E-state index contributed by atoms with van der Waals surface area (Å²) in [4.78, 5) is 4.72. The molecule has 1 aromatic rings.